The van der Waals surface area contributed by atoms with E-state index >= 15 is 0 Å². The van der Waals surface area contributed by atoms with Crippen LogP contribution in [0.2, 0.25) is 0 Å². The summed E-state index contributed by atoms with van der Waals surface area (Å²) in [6, 6.07) is 8.47. The fourth-order valence-corrected chi connectivity index (χ4v) is 5.99. The fourth-order valence-electron chi connectivity index (χ4n) is 5.63. The number of piperidine rings is 1. The Morgan fingerprint density at radius 1 is 1.20 bits per heavy atom. The van der Waals surface area contributed by atoms with Crippen LogP contribution in [-0.2, 0) is 33.1 Å². The number of hydrogen-bond donors (Lipinski definition) is 0. The number of methoxy groups -OCH3 is 1. The van der Waals surface area contributed by atoms with Gasteiger partial charge in [-0.25, -0.2) is 4.79 Å². The molecule has 0 N–H and O–H groups in total. The van der Waals surface area contributed by atoms with Gasteiger partial charge >= 0.3 is 94.6 Å². The first-order valence-corrected chi connectivity index (χ1v) is 14.0. The van der Waals surface area contributed by atoms with Gasteiger partial charge in [0.25, 0.3) is 0 Å². The van der Waals surface area contributed by atoms with Crippen molar-refractivity contribution in [2.75, 3.05) is 27.3 Å². The van der Waals surface area contributed by atoms with E-state index < -0.39 is 18.9 Å². The molecule has 0 radical (unpaired) electrons. The molecule has 11 nitrogen and oxygen atoms in total. The van der Waals surface area contributed by atoms with E-state index in [0.717, 1.165) is 23.9 Å². The molecule has 0 saturated carbocycles. The van der Waals surface area contributed by atoms with Gasteiger partial charge in [0.05, 0.1) is 17.9 Å². The number of pyridine rings is 1. The molecule has 204 valence electrons. The van der Waals surface area contributed by atoms with Gasteiger partial charge in [0.2, 0.25) is 0 Å². The zero-order valence-corrected chi connectivity index (χ0v) is 32.4. The van der Waals surface area contributed by atoms with Crippen molar-refractivity contribution in [1.29, 1.82) is 0 Å². The van der Waals surface area contributed by atoms with Gasteiger partial charge in [-0.3, -0.25) is 9.88 Å². The number of hydrogen-bond acceptors (Lipinski definition) is 10. The first kappa shape index (κ1) is 39.4. The van der Waals surface area contributed by atoms with Gasteiger partial charge in [-0.15, -0.1) is 0 Å². The molecule has 1 fully saturated rings. The molecule has 1 aliphatic carbocycles. The normalized spacial score (nSPS) is 21.1. The summed E-state index contributed by atoms with van der Waals surface area (Å²) in [5.41, 5.74) is 1.33. The zero-order valence-electron chi connectivity index (χ0n) is 24.0. The van der Waals surface area contributed by atoms with Crippen molar-refractivity contribution in [3.05, 3.63) is 64.0 Å². The van der Waals surface area contributed by atoms with E-state index in [9.17, 15) is 4.79 Å². The Bertz CT molecular complexity index is 1440. The summed E-state index contributed by atoms with van der Waals surface area (Å²) in [6.45, 7) is 1.21. The van der Waals surface area contributed by atoms with Crippen LogP contribution < -0.4 is 104 Å². The van der Waals surface area contributed by atoms with E-state index in [4.69, 9.17) is 33.7 Å². The molecule has 1 saturated heterocycles. The van der Waals surface area contributed by atoms with Crippen molar-refractivity contribution in [3.63, 3.8) is 0 Å². The third kappa shape index (κ3) is 8.56. The van der Waals surface area contributed by atoms with Gasteiger partial charge in [-0.2, -0.15) is 0 Å². The van der Waals surface area contributed by atoms with E-state index in [-0.39, 0.29) is 107 Å². The summed E-state index contributed by atoms with van der Waals surface area (Å²) in [4.78, 5) is 46.3. The molecular weight excluding hydrogens is 650 g/mol. The van der Waals surface area contributed by atoms with Crippen molar-refractivity contribution in [2.45, 2.75) is 24.5 Å². The van der Waals surface area contributed by atoms with E-state index in [1.807, 2.05) is 7.11 Å². The molecule has 3 unspecified atom stereocenters. The number of carboxylic acid groups (broad SMARTS) is 1. The number of benzene rings is 1. The summed E-state index contributed by atoms with van der Waals surface area (Å²) < 4.78 is 24.1. The summed E-state index contributed by atoms with van der Waals surface area (Å²) in [6.07, 6.45) is 7.20. The topological polar surface area (TPSA) is 160 Å². The monoisotopic (exact) mass is 675 g/mol. The predicted octanol–water partition coefficient (Wildman–Crippen LogP) is -7.83. The molecule has 0 bridgehead atoms. The minimum absolute atomic E-state index is 0. The Hall–Kier alpha value is 0.400. The Kier molecular flexibility index (Phi) is 15.5. The molecular formula is C25H26BrN3Na3O8P. The molecule has 0 amide bonds. The second kappa shape index (κ2) is 16.1. The maximum absolute atomic E-state index is 12.5. The summed E-state index contributed by atoms with van der Waals surface area (Å²) in [5.74, 6) is -0.174. The number of rotatable bonds is 5. The molecule has 41 heavy (non-hydrogen) atoms. The first-order chi connectivity index (χ1) is 17.9. The molecule has 0 spiro atoms. The number of halogens is 1. The Morgan fingerprint density at radius 3 is 2.44 bits per heavy atom. The number of fused-ring (bicyclic) bond motifs is 2. The minimum Gasteiger partial charge on any atom is -0.807 e. The summed E-state index contributed by atoms with van der Waals surface area (Å²) >= 11 is 3.35. The maximum Gasteiger partial charge on any atom is 1.00 e. The van der Waals surface area contributed by atoms with Crippen molar-refractivity contribution in [2.24, 2.45) is 13.0 Å². The molecule has 5 rings (SSSR count). The third-order valence-corrected chi connectivity index (χ3v) is 8.03. The number of carbonyl (C=O) groups is 2. The molecule has 2 aromatic heterocycles. The molecule has 3 atom stereocenters. The zero-order chi connectivity index (χ0) is 27.8. The summed E-state index contributed by atoms with van der Waals surface area (Å²) in [7, 11) is 0.638. The average Bonchev–Trinajstić information content (AvgIpc) is 3.19. The number of likely N-dealkylation sites (tertiary alicyclic amines) is 1. The molecule has 1 aromatic carbocycles. The van der Waals surface area contributed by atoms with Crippen LogP contribution in [0, 0.1) is 5.92 Å². The smallest absolute Gasteiger partial charge is 0.807 e. The van der Waals surface area contributed by atoms with Crippen molar-refractivity contribution in [1.82, 2.24) is 14.5 Å². The quantitative estimate of drug-likeness (QED) is 0.144. The standard InChI is InChI=1S/C24H26BrN3O3.CH3O5P.3Na/c1-27-13-17-8-21-24(30-3,19-5-4-6-20(27)22(17)19)9-15(12-28(21)2)14-31-23(29)16-7-18(25)11-26-10-16;2-1(3)7(4,5)6;;;/h4-7,10-11,13,15,21H,8-9,12,14H2,1-3H3;(H,2,3)(H2,4,5,6);;;/q;;3*+1/p-3. The molecule has 16 heteroatoms. The molecule has 2 aliphatic rings. The SMILES string of the molecule is COC12CC(COC(=O)c3cncc(Br)c3)CN(C)C1Cc1cn(C)c3cccc2c13.O=C([O-])P(=O)([O-])[O-].[Na+].[Na+].[Na+]. The number of ether oxygens (including phenoxy) is 2. The van der Waals surface area contributed by atoms with Crippen molar-refractivity contribution in [3.8, 4) is 0 Å². The predicted molar refractivity (Wildman–Crippen MR) is 135 cm³/mol. The second-order valence-electron chi connectivity index (χ2n) is 9.54. The van der Waals surface area contributed by atoms with Crippen LogP contribution in [0.5, 0.6) is 0 Å². The Morgan fingerprint density at radius 2 is 1.85 bits per heavy atom. The van der Waals surface area contributed by atoms with E-state index in [0.29, 0.717) is 12.2 Å². The Labute approximate surface area is 312 Å². The number of nitrogens with zero attached hydrogens (tertiary/aromatic N) is 3. The van der Waals surface area contributed by atoms with Crippen LogP contribution >= 0.6 is 23.5 Å². The van der Waals surface area contributed by atoms with Crippen LogP contribution in [0.15, 0.2) is 47.3 Å². The van der Waals surface area contributed by atoms with Crippen molar-refractivity contribution < 1.29 is 127 Å². The van der Waals surface area contributed by atoms with Gasteiger partial charge in [0.1, 0.15) is 5.60 Å². The van der Waals surface area contributed by atoms with Gasteiger partial charge < -0.3 is 38.3 Å². The summed E-state index contributed by atoms with van der Waals surface area (Å²) in [5, 5.41) is 10.3. The first-order valence-electron chi connectivity index (χ1n) is 11.7. The molecule has 1 aliphatic heterocycles. The number of esters is 1. The van der Waals surface area contributed by atoms with Crippen LogP contribution in [-0.4, -0.2) is 59.5 Å². The largest absolute Gasteiger partial charge is 1.00 e. The molecule has 3 aromatic rings. The van der Waals surface area contributed by atoms with Crippen LogP contribution in [0.25, 0.3) is 10.9 Å². The van der Waals surface area contributed by atoms with Gasteiger partial charge in [-0.05, 0) is 66.7 Å². The maximum atomic E-state index is 12.5. The van der Waals surface area contributed by atoms with Crippen LogP contribution in [0.1, 0.15) is 27.9 Å². The van der Waals surface area contributed by atoms with Crippen molar-refractivity contribution >= 4 is 46.1 Å². The van der Waals surface area contributed by atoms with Crippen LogP contribution in [0.4, 0.5) is 4.79 Å². The minimum atomic E-state index is -5.43. The van der Waals surface area contributed by atoms with E-state index in [2.05, 4.69) is 68.9 Å². The van der Waals surface area contributed by atoms with Gasteiger partial charge in [0.15, 0.2) is 0 Å². The van der Waals surface area contributed by atoms with E-state index in [1.165, 1.54) is 28.2 Å². The van der Waals surface area contributed by atoms with Gasteiger partial charge in [-0.1, -0.05) is 12.1 Å². The number of aryl methyl sites for hydroxylation is 1. The van der Waals surface area contributed by atoms with Crippen LogP contribution in [0.3, 0.4) is 0 Å². The van der Waals surface area contributed by atoms with Gasteiger partial charge in [0, 0.05) is 66.6 Å². The average molecular weight is 676 g/mol. The third-order valence-electron chi connectivity index (χ3n) is 7.15. The Balaban J connectivity index is 0.000000754. The number of aromatic nitrogens is 2. The second-order valence-corrected chi connectivity index (χ2v) is 11.8. The number of likely N-dealkylation sites (N-methyl/N-ethyl adjacent to an activating group) is 1. The fraction of sp³-hybridized carbons (Fsp3) is 0.400. The van der Waals surface area contributed by atoms with E-state index in [1.54, 1.807) is 12.3 Å². The molecule has 3 heterocycles. The number of carbonyl (C=O) groups excluding carboxylic acids is 2.